The summed E-state index contributed by atoms with van der Waals surface area (Å²) in [6.07, 6.45) is 5.15. The SMILES string of the molecule is CCOC(=O)c1c2c(n3c(=S)c(=Cc4ccc(-c5ccc(Cl)cc5)o4)c(=O)[nH]c13)CCCC2. The lowest BCUT2D eigenvalue weighted by Gasteiger charge is -2.12. The standard InChI is InChI=1S/C25H21ClN2O4S/c1-2-31-25(30)21-17-5-3-4-6-19(17)28-22(21)27-23(29)18(24(28)33)13-16-11-12-20(32-16)14-7-9-15(26)10-8-14/h7-13H,2-6H2,1H3,(H,27,29). The predicted octanol–water partition coefficient (Wildman–Crippen LogP) is 4.87. The van der Waals surface area contributed by atoms with Crippen LogP contribution in [-0.2, 0) is 17.6 Å². The monoisotopic (exact) mass is 480 g/mol. The first-order valence-electron chi connectivity index (χ1n) is 10.8. The third-order valence-electron chi connectivity index (χ3n) is 5.90. The molecular weight excluding hydrogens is 460 g/mol. The molecule has 5 rings (SSSR count). The number of hydrogen-bond donors (Lipinski definition) is 1. The molecule has 1 aliphatic carbocycles. The van der Waals surface area contributed by atoms with Crippen LogP contribution in [0.5, 0.6) is 0 Å². The second kappa shape index (κ2) is 8.65. The Kier molecular flexibility index (Phi) is 5.68. The number of hydrogen-bond acceptors (Lipinski definition) is 5. The number of furan rings is 1. The molecule has 1 aliphatic rings. The van der Waals surface area contributed by atoms with Crippen LogP contribution in [-0.4, -0.2) is 22.0 Å². The van der Waals surface area contributed by atoms with E-state index in [1.54, 1.807) is 31.2 Å². The zero-order valence-electron chi connectivity index (χ0n) is 17.9. The fraction of sp³-hybridized carbons (Fsp3) is 0.240. The normalized spacial score (nSPS) is 13.9. The van der Waals surface area contributed by atoms with Crippen molar-refractivity contribution in [3.63, 3.8) is 0 Å². The maximum atomic E-state index is 13.0. The minimum Gasteiger partial charge on any atom is -0.462 e. The van der Waals surface area contributed by atoms with E-state index in [2.05, 4.69) is 4.98 Å². The summed E-state index contributed by atoms with van der Waals surface area (Å²) in [5.74, 6) is 0.727. The molecule has 3 heterocycles. The van der Waals surface area contributed by atoms with Gasteiger partial charge in [0.25, 0.3) is 5.56 Å². The Balaban J connectivity index is 1.69. The number of nitrogens with one attached hydrogen (secondary N) is 1. The van der Waals surface area contributed by atoms with Crippen molar-refractivity contribution < 1.29 is 13.9 Å². The van der Waals surface area contributed by atoms with Gasteiger partial charge in [-0.2, -0.15) is 0 Å². The van der Waals surface area contributed by atoms with Crippen molar-refractivity contribution >= 4 is 41.5 Å². The van der Waals surface area contributed by atoms with Crippen LogP contribution in [0.2, 0.25) is 5.02 Å². The van der Waals surface area contributed by atoms with Crippen LogP contribution >= 0.6 is 23.8 Å². The van der Waals surface area contributed by atoms with Crippen molar-refractivity contribution in [2.45, 2.75) is 32.6 Å². The number of esters is 1. The van der Waals surface area contributed by atoms with E-state index >= 15 is 0 Å². The van der Waals surface area contributed by atoms with E-state index in [4.69, 9.17) is 33.0 Å². The highest BCUT2D eigenvalue weighted by molar-refractivity contribution is 7.71. The molecule has 0 fully saturated rings. The summed E-state index contributed by atoms with van der Waals surface area (Å²) in [6.45, 7) is 2.02. The summed E-state index contributed by atoms with van der Waals surface area (Å²) in [5.41, 5.74) is 3.22. The first kappa shape index (κ1) is 21.7. The van der Waals surface area contributed by atoms with Gasteiger partial charge in [-0.15, -0.1) is 0 Å². The molecule has 8 heteroatoms. The molecule has 168 valence electrons. The summed E-state index contributed by atoms with van der Waals surface area (Å²) in [5, 5.41) is 0.957. The third-order valence-corrected chi connectivity index (χ3v) is 6.56. The molecule has 4 aromatic rings. The quantitative estimate of drug-likeness (QED) is 0.333. The van der Waals surface area contributed by atoms with Crippen molar-refractivity contribution in [2.75, 3.05) is 6.61 Å². The molecule has 33 heavy (non-hydrogen) atoms. The first-order chi connectivity index (χ1) is 16.0. The largest absolute Gasteiger partial charge is 0.462 e. The van der Waals surface area contributed by atoms with Gasteiger partial charge in [0.05, 0.1) is 11.8 Å². The minimum atomic E-state index is -0.432. The second-order valence-corrected chi connectivity index (χ2v) is 8.76. The van der Waals surface area contributed by atoms with Gasteiger partial charge >= 0.3 is 5.97 Å². The minimum absolute atomic E-state index is 0.260. The molecule has 0 amide bonds. The van der Waals surface area contributed by atoms with Gasteiger partial charge in [0.2, 0.25) is 0 Å². The third kappa shape index (κ3) is 3.81. The topological polar surface area (TPSA) is 76.7 Å². The molecule has 0 unspecified atom stereocenters. The number of carbonyl (C=O) groups is 1. The molecular formula is C25H21ClN2O4S. The number of H-pyrrole nitrogens is 1. The van der Waals surface area contributed by atoms with Crippen molar-refractivity contribution in [3.05, 3.63) is 84.2 Å². The van der Waals surface area contributed by atoms with Crippen LogP contribution in [0.15, 0.2) is 45.6 Å². The van der Waals surface area contributed by atoms with E-state index in [0.717, 1.165) is 42.5 Å². The Hall–Kier alpha value is -3.16. The van der Waals surface area contributed by atoms with Gasteiger partial charge in [0.15, 0.2) is 0 Å². The molecule has 1 aromatic carbocycles. The highest BCUT2D eigenvalue weighted by Crippen LogP contribution is 2.30. The van der Waals surface area contributed by atoms with Crippen LogP contribution in [0.4, 0.5) is 0 Å². The second-order valence-electron chi connectivity index (χ2n) is 7.94. The number of nitrogens with zero attached hydrogens (tertiary/aromatic N) is 1. The molecule has 0 aliphatic heterocycles. The van der Waals surface area contributed by atoms with E-state index in [0.29, 0.717) is 37.6 Å². The highest BCUT2D eigenvalue weighted by Gasteiger charge is 2.27. The molecule has 3 aromatic heterocycles. The van der Waals surface area contributed by atoms with Crippen molar-refractivity contribution in [2.24, 2.45) is 0 Å². The highest BCUT2D eigenvalue weighted by atomic mass is 35.5. The van der Waals surface area contributed by atoms with Gasteiger partial charge in [-0.1, -0.05) is 23.8 Å². The number of benzene rings is 1. The smallest absolute Gasteiger partial charge is 0.342 e. The van der Waals surface area contributed by atoms with Gasteiger partial charge in [0.1, 0.15) is 27.4 Å². The summed E-state index contributed by atoms with van der Waals surface area (Å²) < 4.78 is 13.4. The number of ether oxygens (including phenoxy) is 1. The Labute approximate surface area is 199 Å². The van der Waals surface area contributed by atoms with Gasteiger partial charge in [0, 0.05) is 16.3 Å². The molecule has 0 bridgehead atoms. The molecule has 0 saturated heterocycles. The molecule has 0 radical (unpaired) electrons. The van der Waals surface area contributed by atoms with E-state index in [9.17, 15) is 9.59 Å². The number of aromatic nitrogens is 2. The van der Waals surface area contributed by atoms with Gasteiger partial charge in [-0.05, 0) is 80.6 Å². The number of rotatable bonds is 4. The lowest BCUT2D eigenvalue weighted by molar-refractivity contribution is 0.0527. The van der Waals surface area contributed by atoms with Crippen LogP contribution in [0.25, 0.3) is 23.0 Å². The van der Waals surface area contributed by atoms with Crippen LogP contribution in [0.3, 0.4) is 0 Å². The van der Waals surface area contributed by atoms with Crippen LogP contribution in [0.1, 0.15) is 47.1 Å². The van der Waals surface area contributed by atoms with Crippen LogP contribution < -0.4 is 10.8 Å². The lowest BCUT2D eigenvalue weighted by atomic mass is 9.95. The molecule has 1 N–H and O–H groups in total. The van der Waals surface area contributed by atoms with Gasteiger partial charge < -0.3 is 14.1 Å². The number of aromatic amines is 1. The number of halogens is 1. The first-order valence-corrected chi connectivity index (χ1v) is 11.6. The summed E-state index contributed by atoms with van der Waals surface area (Å²) in [6, 6.07) is 10.9. The molecule has 0 saturated carbocycles. The van der Waals surface area contributed by atoms with E-state index < -0.39 is 5.97 Å². The number of carbonyl (C=O) groups excluding carboxylic acids is 1. The lowest BCUT2D eigenvalue weighted by Crippen LogP contribution is -2.31. The molecule has 0 atom stereocenters. The Morgan fingerprint density at radius 3 is 2.73 bits per heavy atom. The van der Waals surface area contributed by atoms with E-state index in [1.807, 2.05) is 22.6 Å². The summed E-state index contributed by atoms with van der Waals surface area (Å²) in [4.78, 5) is 28.7. The molecule has 0 spiro atoms. The van der Waals surface area contributed by atoms with Crippen molar-refractivity contribution in [3.8, 4) is 11.3 Å². The maximum Gasteiger partial charge on any atom is 0.342 e. The number of aryl methyl sites for hydroxylation is 1. The Bertz CT molecular complexity index is 1550. The van der Waals surface area contributed by atoms with E-state index in [1.165, 1.54) is 0 Å². The maximum absolute atomic E-state index is 13.0. The average Bonchev–Trinajstić information content (AvgIpc) is 3.39. The average molecular weight is 481 g/mol. The van der Waals surface area contributed by atoms with Crippen molar-refractivity contribution in [1.29, 1.82) is 0 Å². The Morgan fingerprint density at radius 1 is 1.21 bits per heavy atom. The van der Waals surface area contributed by atoms with E-state index in [-0.39, 0.29) is 12.2 Å². The Morgan fingerprint density at radius 2 is 1.97 bits per heavy atom. The van der Waals surface area contributed by atoms with Gasteiger partial charge in [-0.3, -0.25) is 9.20 Å². The van der Waals surface area contributed by atoms with Gasteiger partial charge in [-0.25, -0.2) is 4.79 Å². The zero-order chi connectivity index (χ0) is 23.1. The fourth-order valence-electron chi connectivity index (χ4n) is 4.42. The zero-order valence-corrected chi connectivity index (χ0v) is 19.5. The van der Waals surface area contributed by atoms with Crippen molar-refractivity contribution in [1.82, 2.24) is 9.38 Å². The summed E-state index contributed by atoms with van der Waals surface area (Å²) >= 11 is 11.7. The summed E-state index contributed by atoms with van der Waals surface area (Å²) in [7, 11) is 0. The fourth-order valence-corrected chi connectivity index (χ4v) is 4.90. The number of fused-ring (bicyclic) bond motifs is 3. The molecule has 6 nitrogen and oxygen atoms in total. The predicted molar refractivity (Wildman–Crippen MR) is 129 cm³/mol. The van der Waals surface area contributed by atoms with Crippen LogP contribution in [0, 0.1) is 4.64 Å².